The Hall–Kier alpha value is -2.43. The minimum atomic E-state index is -0.372. The summed E-state index contributed by atoms with van der Waals surface area (Å²) in [4.78, 5) is 24.8. The first-order chi connectivity index (χ1) is 11.6. The number of nitrogens with one attached hydrogen (secondary N) is 1. The molecule has 0 aliphatic heterocycles. The molecule has 1 aliphatic carbocycles. The Bertz CT molecular complexity index is 783. The van der Waals surface area contributed by atoms with Gasteiger partial charge in [-0.3, -0.25) is 9.59 Å². The third kappa shape index (κ3) is 3.40. The van der Waals surface area contributed by atoms with Crippen LogP contribution in [0.15, 0.2) is 41.2 Å². The number of hydrogen-bond acceptors (Lipinski definition) is 3. The van der Waals surface area contributed by atoms with Crippen LogP contribution in [0.3, 0.4) is 0 Å². The maximum Gasteiger partial charge on any atom is 0.276 e. The van der Waals surface area contributed by atoms with Gasteiger partial charge in [0.1, 0.15) is 0 Å². The van der Waals surface area contributed by atoms with Crippen molar-refractivity contribution >= 4 is 5.91 Å². The van der Waals surface area contributed by atoms with Gasteiger partial charge in [-0.25, -0.2) is 4.68 Å². The molecule has 0 bridgehead atoms. The molecule has 1 aliphatic rings. The third-order valence-electron chi connectivity index (χ3n) is 4.75. The number of para-hydroxylation sites is 1. The second-order valence-electron chi connectivity index (χ2n) is 6.59. The van der Waals surface area contributed by atoms with Gasteiger partial charge < -0.3 is 5.32 Å². The monoisotopic (exact) mass is 325 g/mol. The van der Waals surface area contributed by atoms with Crippen molar-refractivity contribution in [3.05, 3.63) is 58.0 Å². The van der Waals surface area contributed by atoms with Gasteiger partial charge in [0.15, 0.2) is 5.69 Å². The number of carbonyl (C=O) groups excluding carboxylic acids is 1. The fourth-order valence-corrected chi connectivity index (χ4v) is 3.30. The molecule has 1 aromatic heterocycles. The number of rotatable bonds is 3. The van der Waals surface area contributed by atoms with Crippen LogP contribution in [0.4, 0.5) is 0 Å². The maximum absolute atomic E-state index is 12.6. The zero-order valence-electron chi connectivity index (χ0n) is 14.2. The van der Waals surface area contributed by atoms with Crippen molar-refractivity contribution in [1.29, 1.82) is 0 Å². The van der Waals surface area contributed by atoms with E-state index in [0.717, 1.165) is 24.9 Å². The lowest BCUT2D eigenvalue weighted by Crippen LogP contribution is -2.43. The Morgan fingerprint density at radius 1 is 1.21 bits per heavy atom. The summed E-state index contributed by atoms with van der Waals surface area (Å²) in [5.74, 6) is 0.0629. The SMILES string of the molecule is Cc1cc(=O)c(C(=O)NC2CCCCC2C)nn1-c1ccccc1. The summed E-state index contributed by atoms with van der Waals surface area (Å²) in [6, 6.07) is 11.1. The smallest absolute Gasteiger partial charge is 0.276 e. The molecule has 3 rings (SSSR count). The van der Waals surface area contributed by atoms with Gasteiger partial charge in [0.05, 0.1) is 5.69 Å². The van der Waals surface area contributed by atoms with E-state index in [2.05, 4.69) is 17.3 Å². The zero-order valence-corrected chi connectivity index (χ0v) is 14.2. The lowest BCUT2D eigenvalue weighted by atomic mass is 9.86. The molecule has 1 heterocycles. The van der Waals surface area contributed by atoms with Gasteiger partial charge in [0, 0.05) is 17.8 Å². The quantitative estimate of drug-likeness (QED) is 0.944. The average Bonchev–Trinajstić information content (AvgIpc) is 2.58. The number of aryl methyl sites for hydroxylation is 1. The lowest BCUT2D eigenvalue weighted by Gasteiger charge is -2.29. The van der Waals surface area contributed by atoms with E-state index in [4.69, 9.17) is 0 Å². The van der Waals surface area contributed by atoms with Gasteiger partial charge >= 0.3 is 0 Å². The lowest BCUT2D eigenvalue weighted by molar-refractivity contribution is 0.0902. The highest BCUT2D eigenvalue weighted by atomic mass is 16.2. The first kappa shape index (κ1) is 16.4. The molecule has 2 atom stereocenters. The molecule has 2 aromatic rings. The molecule has 1 N–H and O–H groups in total. The average molecular weight is 325 g/mol. The maximum atomic E-state index is 12.6. The third-order valence-corrected chi connectivity index (χ3v) is 4.75. The summed E-state index contributed by atoms with van der Waals surface area (Å²) in [7, 11) is 0. The summed E-state index contributed by atoms with van der Waals surface area (Å²) < 4.78 is 1.64. The number of carbonyl (C=O) groups is 1. The van der Waals surface area contributed by atoms with E-state index in [1.165, 1.54) is 12.5 Å². The summed E-state index contributed by atoms with van der Waals surface area (Å²) in [5.41, 5.74) is 1.16. The Morgan fingerprint density at radius 3 is 2.62 bits per heavy atom. The van der Waals surface area contributed by atoms with E-state index in [1.54, 1.807) is 4.68 Å². The van der Waals surface area contributed by atoms with E-state index in [0.29, 0.717) is 11.6 Å². The van der Waals surface area contributed by atoms with Crippen molar-refractivity contribution in [2.75, 3.05) is 0 Å². The molecule has 1 fully saturated rings. The van der Waals surface area contributed by atoms with Crippen molar-refractivity contribution in [1.82, 2.24) is 15.1 Å². The van der Waals surface area contributed by atoms with Gasteiger partial charge in [-0.2, -0.15) is 5.10 Å². The molecule has 1 saturated carbocycles. The van der Waals surface area contributed by atoms with E-state index < -0.39 is 0 Å². The first-order valence-electron chi connectivity index (χ1n) is 8.53. The summed E-state index contributed by atoms with van der Waals surface area (Å²) >= 11 is 0. The second-order valence-corrected chi connectivity index (χ2v) is 6.59. The van der Waals surface area contributed by atoms with Crippen LogP contribution in [-0.4, -0.2) is 21.7 Å². The molecule has 1 amide bonds. The van der Waals surface area contributed by atoms with Crippen molar-refractivity contribution in [2.24, 2.45) is 5.92 Å². The topological polar surface area (TPSA) is 64.0 Å². The Kier molecular flexibility index (Phi) is 4.79. The molecular weight excluding hydrogens is 302 g/mol. The predicted octanol–water partition coefficient (Wildman–Crippen LogP) is 2.85. The molecule has 126 valence electrons. The van der Waals surface area contributed by atoms with Crippen molar-refractivity contribution in [3.63, 3.8) is 0 Å². The van der Waals surface area contributed by atoms with Crippen molar-refractivity contribution in [2.45, 2.75) is 45.6 Å². The summed E-state index contributed by atoms with van der Waals surface area (Å²) in [5, 5.41) is 7.33. The van der Waals surface area contributed by atoms with Crippen LogP contribution in [0.5, 0.6) is 0 Å². The normalized spacial score (nSPS) is 20.6. The highest BCUT2D eigenvalue weighted by molar-refractivity contribution is 5.92. The van der Waals surface area contributed by atoms with E-state index >= 15 is 0 Å². The highest BCUT2D eigenvalue weighted by Gasteiger charge is 2.25. The van der Waals surface area contributed by atoms with Crippen LogP contribution in [-0.2, 0) is 0 Å². The van der Waals surface area contributed by atoms with Gasteiger partial charge in [-0.1, -0.05) is 38.0 Å². The highest BCUT2D eigenvalue weighted by Crippen LogP contribution is 2.23. The molecule has 0 spiro atoms. The molecule has 5 heteroatoms. The summed E-state index contributed by atoms with van der Waals surface area (Å²) in [6.07, 6.45) is 4.40. The number of amides is 1. The number of nitrogens with zero attached hydrogens (tertiary/aromatic N) is 2. The minimum absolute atomic E-state index is 0.0396. The molecular formula is C19H23N3O2. The van der Waals surface area contributed by atoms with Gasteiger partial charge in [0.2, 0.25) is 5.43 Å². The Labute approximate surface area is 141 Å². The van der Waals surface area contributed by atoms with Crippen LogP contribution < -0.4 is 10.7 Å². The molecule has 0 saturated heterocycles. The van der Waals surface area contributed by atoms with Gasteiger partial charge in [0.25, 0.3) is 5.91 Å². The standard InChI is InChI=1S/C19H23N3O2/c1-13-8-6-7-11-16(13)20-19(24)18-17(23)12-14(2)22(21-18)15-9-4-3-5-10-15/h3-5,9-10,12-13,16H,6-8,11H2,1-2H3,(H,20,24). The molecule has 1 aromatic carbocycles. The second kappa shape index (κ2) is 6.99. The Balaban J connectivity index is 1.90. The minimum Gasteiger partial charge on any atom is -0.348 e. The van der Waals surface area contributed by atoms with Crippen LogP contribution in [0.1, 0.15) is 48.8 Å². The van der Waals surface area contributed by atoms with E-state index in [-0.39, 0.29) is 23.1 Å². The molecule has 0 radical (unpaired) electrons. The van der Waals surface area contributed by atoms with E-state index in [9.17, 15) is 9.59 Å². The molecule has 24 heavy (non-hydrogen) atoms. The Morgan fingerprint density at radius 2 is 1.92 bits per heavy atom. The first-order valence-corrected chi connectivity index (χ1v) is 8.53. The van der Waals surface area contributed by atoms with E-state index in [1.807, 2.05) is 37.3 Å². The fraction of sp³-hybridized carbons (Fsp3) is 0.421. The molecule has 5 nitrogen and oxygen atoms in total. The number of benzene rings is 1. The van der Waals surface area contributed by atoms with Crippen LogP contribution >= 0.6 is 0 Å². The number of aromatic nitrogens is 2. The zero-order chi connectivity index (χ0) is 17.1. The van der Waals surface area contributed by atoms with Gasteiger partial charge in [-0.15, -0.1) is 0 Å². The van der Waals surface area contributed by atoms with Crippen molar-refractivity contribution < 1.29 is 4.79 Å². The van der Waals surface area contributed by atoms with Crippen molar-refractivity contribution in [3.8, 4) is 5.69 Å². The predicted molar refractivity (Wildman–Crippen MR) is 93.5 cm³/mol. The largest absolute Gasteiger partial charge is 0.348 e. The van der Waals surface area contributed by atoms with Crippen LogP contribution in [0.2, 0.25) is 0 Å². The fourth-order valence-electron chi connectivity index (χ4n) is 3.30. The molecule has 2 unspecified atom stereocenters. The van der Waals surface area contributed by atoms with Crippen LogP contribution in [0, 0.1) is 12.8 Å². The number of hydrogen-bond donors (Lipinski definition) is 1. The van der Waals surface area contributed by atoms with Crippen LogP contribution in [0.25, 0.3) is 5.69 Å². The summed E-state index contributed by atoms with van der Waals surface area (Å²) in [6.45, 7) is 3.96. The van der Waals surface area contributed by atoms with Gasteiger partial charge in [-0.05, 0) is 37.8 Å².